The molecule has 5 nitrogen and oxygen atoms in total. The van der Waals surface area contributed by atoms with Crippen molar-refractivity contribution < 1.29 is 14.3 Å². The maximum absolute atomic E-state index is 12.8. The Morgan fingerprint density at radius 2 is 1.56 bits per heavy atom. The predicted molar refractivity (Wildman–Crippen MR) is 132 cm³/mol. The van der Waals surface area contributed by atoms with E-state index in [4.69, 9.17) is 4.74 Å². The lowest BCUT2D eigenvalue weighted by Gasteiger charge is -2.48. The molecule has 34 heavy (non-hydrogen) atoms. The fourth-order valence-electron chi connectivity index (χ4n) is 6.05. The lowest BCUT2D eigenvalue weighted by atomic mass is 9.81. The molecular formula is C29H34N2O3. The predicted octanol–water partition coefficient (Wildman–Crippen LogP) is 4.87. The number of nitrogens with zero attached hydrogens (tertiary/aromatic N) is 2. The quantitative estimate of drug-likeness (QED) is 0.658. The van der Waals surface area contributed by atoms with E-state index in [1.807, 2.05) is 24.3 Å². The van der Waals surface area contributed by atoms with E-state index in [9.17, 15) is 9.59 Å². The standard InChI is InChI=1S/C29H34N2O3/c32-26-11-16-31(17-12-26)28(33)22-6-4-21(5-7-22)23-8-9-27-24(20-23)10-13-29(34-27)14-18-30(19-15-29)25-2-1-3-25/h4-9,20,25H,1-3,10-19H2. The highest BCUT2D eigenvalue weighted by atomic mass is 16.5. The van der Waals surface area contributed by atoms with Crippen molar-refractivity contribution in [2.24, 2.45) is 0 Å². The monoisotopic (exact) mass is 458 g/mol. The molecule has 0 unspecified atom stereocenters. The van der Waals surface area contributed by atoms with Gasteiger partial charge in [-0.05, 0) is 79.5 Å². The van der Waals surface area contributed by atoms with Crippen molar-refractivity contribution in [1.82, 2.24) is 9.80 Å². The summed E-state index contributed by atoms with van der Waals surface area (Å²) in [6.45, 7) is 3.42. The first-order chi connectivity index (χ1) is 16.6. The first-order valence-corrected chi connectivity index (χ1v) is 13.1. The molecule has 0 bridgehead atoms. The summed E-state index contributed by atoms with van der Waals surface area (Å²) in [5, 5.41) is 0. The molecule has 3 aliphatic heterocycles. The Balaban J connectivity index is 1.12. The van der Waals surface area contributed by atoms with Gasteiger partial charge in [0, 0.05) is 50.6 Å². The third kappa shape index (κ3) is 4.15. The maximum Gasteiger partial charge on any atom is 0.253 e. The van der Waals surface area contributed by atoms with Crippen LogP contribution >= 0.6 is 0 Å². The van der Waals surface area contributed by atoms with Gasteiger partial charge < -0.3 is 14.5 Å². The highest BCUT2D eigenvalue weighted by Crippen LogP contribution is 2.42. The Kier molecular flexibility index (Phi) is 5.68. The van der Waals surface area contributed by atoms with Crippen molar-refractivity contribution >= 4 is 11.7 Å². The maximum atomic E-state index is 12.8. The van der Waals surface area contributed by atoms with Gasteiger partial charge in [-0.3, -0.25) is 9.59 Å². The smallest absolute Gasteiger partial charge is 0.253 e. The number of hydrogen-bond donors (Lipinski definition) is 0. The Bertz CT molecular complexity index is 1070. The molecule has 2 aromatic rings. The average molecular weight is 459 g/mol. The molecule has 4 aliphatic rings. The highest BCUT2D eigenvalue weighted by molar-refractivity contribution is 5.96. The number of amides is 1. The highest BCUT2D eigenvalue weighted by Gasteiger charge is 2.41. The van der Waals surface area contributed by atoms with E-state index in [2.05, 4.69) is 23.1 Å². The van der Waals surface area contributed by atoms with E-state index in [-0.39, 0.29) is 17.3 Å². The number of aryl methyl sites for hydroxylation is 1. The minimum atomic E-state index is 0.0199. The van der Waals surface area contributed by atoms with Crippen LogP contribution in [0.25, 0.3) is 11.1 Å². The average Bonchev–Trinajstić information content (AvgIpc) is 2.84. The van der Waals surface area contributed by atoms with Crippen molar-refractivity contribution in [3.05, 3.63) is 53.6 Å². The van der Waals surface area contributed by atoms with Crippen LogP contribution in [0, 0.1) is 0 Å². The number of benzene rings is 2. The number of carbonyl (C=O) groups is 2. The normalized spacial score (nSPS) is 22.7. The first-order valence-electron chi connectivity index (χ1n) is 13.1. The number of ketones is 1. The molecule has 0 aromatic heterocycles. The van der Waals surface area contributed by atoms with E-state index >= 15 is 0 Å². The second kappa shape index (κ2) is 8.84. The van der Waals surface area contributed by atoms with Gasteiger partial charge in [0.15, 0.2) is 0 Å². The van der Waals surface area contributed by atoms with Gasteiger partial charge >= 0.3 is 0 Å². The second-order valence-corrected chi connectivity index (χ2v) is 10.6. The molecule has 3 fully saturated rings. The summed E-state index contributed by atoms with van der Waals surface area (Å²) >= 11 is 0. The molecule has 6 rings (SSSR count). The van der Waals surface area contributed by atoms with Crippen molar-refractivity contribution in [3.8, 4) is 16.9 Å². The minimum absolute atomic E-state index is 0.0199. The first kappa shape index (κ1) is 21.8. The molecule has 0 N–H and O–H groups in total. The summed E-state index contributed by atoms with van der Waals surface area (Å²) in [6.07, 6.45) is 9.57. The van der Waals surface area contributed by atoms with Crippen molar-refractivity contribution in [3.63, 3.8) is 0 Å². The lowest BCUT2D eigenvalue weighted by Crippen LogP contribution is -2.53. The molecule has 0 atom stereocenters. The Morgan fingerprint density at radius 1 is 0.853 bits per heavy atom. The molecule has 2 aromatic carbocycles. The van der Waals surface area contributed by atoms with Gasteiger partial charge in [-0.25, -0.2) is 0 Å². The molecule has 1 spiro atoms. The van der Waals surface area contributed by atoms with Crippen LogP contribution in [0.2, 0.25) is 0 Å². The van der Waals surface area contributed by atoms with E-state index in [0.717, 1.165) is 43.0 Å². The third-order valence-electron chi connectivity index (χ3n) is 8.61. The molecule has 1 aliphatic carbocycles. The van der Waals surface area contributed by atoms with Crippen molar-refractivity contribution in [2.75, 3.05) is 26.2 Å². The van der Waals surface area contributed by atoms with Gasteiger partial charge in [-0.1, -0.05) is 24.6 Å². The summed E-state index contributed by atoms with van der Waals surface area (Å²) in [5.74, 6) is 1.32. The van der Waals surface area contributed by atoms with Crippen molar-refractivity contribution in [2.45, 2.75) is 69.4 Å². The topological polar surface area (TPSA) is 49.9 Å². The Morgan fingerprint density at radius 3 is 2.24 bits per heavy atom. The number of Topliss-reactive ketones (excluding diaryl/α,β-unsaturated/α-hetero) is 1. The zero-order valence-corrected chi connectivity index (χ0v) is 19.9. The summed E-state index contributed by atoms with van der Waals surface area (Å²) < 4.78 is 6.66. The molecule has 2 saturated heterocycles. The fraction of sp³-hybridized carbons (Fsp3) is 0.517. The van der Waals surface area contributed by atoms with E-state index in [0.29, 0.717) is 31.5 Å². The minimum Gasteiger partial charge on any atom is -0.487 e. The number of fused-ring (bicyclic) bond motifs is 1. The molecular weight excluding hydrogens is 424 g/mol. The summed E-state index contributed by atoms with van der Waals surface area (Å²) in [5.41, 5.74) is 4.29. The number of hydrogen-bond acceptors (Lipinski definition) is 4. The van der Waals surface area contributed by atoms with E-state index in [1.54, 1.807) is 4.90 Å². The molecule has 3 heterocycles. The zero-order valence-electron chi connectivity index (χ0n) is 19.9. The van der Waals surface area contributed by atoms with Crippen LogP contribution in [-0.4, -0.2) is 59.3 Å². The van der Waals surface area contributed by atoms with Gasteiger partial charge in [0.2, 0.25) is 0 Å². The molecule has 1 saturated carbocycles. The fourth-order valence-corrected chi connectivity index (χ4v) is 6.05. The Hall–Kier alpha value is -2.66. The van der Waals surface area contributed by atoms with Gasteiger partial charge in [-0.15, -0.1) is 0 Å². The lowest BCUT2D eigenvalue weighted by molar-refractivity contribution is -0.120. The Labute approximate surface area is 202 Å². The number of carbonyl (C=O) groups excluding carboxylic acids is 2. The molecule has 1 amide bonds. The number of rotatable bonds is 3. The molecule has 5 heteroatoms. The summed E-state index contributed by atoms with van der Waals surface area (Å²) in [6, 6.07) is 15.3. The van der Waals surface area contributed by atoms with Crippen LogP contribution in [0.1, 0.15) is 67.3 Å². The van der Waals surface area contributed by atoms with Gasteiger partial charge in [0.05, 0.1) is 0 Å². The van der Waals surface area contributed by atoms with Gasteiger partial charge in [0.25, 0.3) is 5.91 Å². The summed E-state index contributed by atoms with van der Waals surface area (Å²) in [7, 11) is 0. The number of ether oxygens (including phenoxy) is 1. The van der Waals surface area contributed by atoms with Crippen LogP contribution in [0.5, 0.6) is 5.75 Å². The molecule has 178 valence electrons. The molecule has 0 radical (unpaired) electrons. The van der Waals surface area contributed by atoms with E-state index in [1.165, 1.54) is 43.5 Å². The van der Waals surface area contributed by atoms with E-state index < -0.39 is 0 Å². The number of likely N-dealkylation sites (tertiary alicyclic amines) is 2. The largest absolute Gasteiger partial charge is 0.487 e. The zero-order chi connectivity index (χ0) is 23.1. The summed E-state index contributed by atoms with van der Waals surface area (Å²) in [4.78, 5) is 28.7. The van der Waals surface area contributed by atoms with Crippen molar-refractivity contribution in [1.29, 1.82) is 0 Å². The second-order valence-electron chi connectivity index (χ2n) is 10.6. The van der Waals surface area contributed by atoms with Crippen LogP contribution in [0.15, 0.2) is 42.5 Å². The van der Waals surface area contributed by atoms with Gasteiger partial charge in [-0.2, -0.15) is 0 Å². The van der Waals surface area contributed by atoms with Crippen LogP contribution in [0.3, 0.4) is 0 Å². The number of piperidine rings is 2. The van der Waals surface area contributed by atoms with Crippen LogP contribution in [0.4, 0.5) is 0 Å². The van der Waals surface area contributed by atoms with Crippen LogP contribution in [-0.2, 0) is 11.2 Å². The van der Waals surface area contributed by atoms with Crippen LogP contribution < -0.4 is 4.74 Å². The van der Waals surface area contributed by atoms with Gasteiger partial charge in [0.1, 0.15) is 17.1 Å². The third-order valence-corrected chi connectivity index (χ3v) is 8.61. The SMILES string of the molecule is O=C1CCN(C(=O)c2ccc(-c3ccc4c(c3)CCC3(CCN(C5CCC5)CC3)O4)cc2)CC1.